The predicted molar refractivity (Wildman–Crippen MR) is 48.5 cm³/mol. The largest absolute Gasteiger partial charge is 0.512 e. The van der Waals surface area contributed by atoms with Crippen molar-refractivity contribution < 1.29 is 5.11 Å². The number of allylic oxidation sites excluding steroid dienone is 1. The molecule has 0 saturated carbocycles. The lowest BCUT2D eigenvalue weighted by atomic mass is 10.3. The molecule has 0 amide bonds. The monoisotopic (exact) mass is 158 g/mol. The van der Waals surface area contributed by atoms with Crippen LogP contribution in [0.25, 0.3) is 0 Å². The SMILES string of the molecule is C=CCC(SCC)C(=C)O. The minimum Gasteiger partial charge on any atom is -0.512 e. The van der Waals surface area contributed by atoms with Gasteiger partial charge in [0.05, 0.1) is 11.0 Å². The van der Waals surface area contributed by atoms with Gasteiger partial charge in [0.15, 0.2) is 0 Å². The highest BCUT2D eigenvalue weighted by atomic mass is 32.2. The summed E-state index contributed by atoms with van der Waals surface area (Å²) in [7, 11) is 0. The van der Waals surface area contributed by atoms with Gasteiger partial charge in [-0.3, -0.25) is 0 Å². The molecule has 0 radical (unpaired) electrons. The Morgan fingerprint density at radius 2 is 2.40 bits per heavy atom. The molecule has 1 unspecified atom stereocenters. The van der Waals surface area contributed by atoms with E-state index >= 15 is 0 Å². The highest BCUT2D eigenvalue weighted by molar-refractivity contribution is 8.00. The molecule has 0 bridgehead atoms. The fraction of sp³-hybridized carbons (Fsp3) is 0.500. The van der Waals surface area contributed by atoms with E-state index in [0.29, 0.717) is 0 Å². The van der Waals surface area contributed by atoms with Crippen molar-refractivity contribution in [2.75, 3.05) is 5.75 Å². The molecule has 58 valence electrons. The third-order valence-corrected chi connectivity index (χ3v) is 2.32. The number of rotatable bonds is 5. The molecule has 0 aliphatic rings. The van der Waals surface area contributed by atoms with Crippen molar-refractivity contribution in [3.05, 3.63) is 25.0 Å². The van der Waals surface area contributed by atoms with Crippen LogP contribution in [0.4, 0.5) is 0 Å². The fourth-order valence-electron chi connectivity index (χ4n) is 0.653. The van der Waals surface area contributed by atoms with E-state index in [-0.39, 0.29) is 11.0 Å². The van der Waals surface area contributed by atoms with Gasteiger partial charge in [0.1, 0.15) is 0 Å². The molecule has 0 fully saturated rings. The molecule has 0 aliphatic carbocycles. The molecule has 0 aromatic heterocycles. The standard InChI is InChI=1S/C8H14OS/c1-4-6-8(7(3)9)10-5-2/h4,8-9H,1,3,5-6H2,2H3. The average Bonchev–Trinajstić information content (AvgIpc) is 1.87. The van der Waals surface area contributed by atoms with E-state index in [1.165, 1.54) is 0 Å². The maximum absolute atomic E-state index is 9.01. The average molecular weight is 158 g/mol. The first-order valence-electron chi connectivity index (χ1n) is 3.32. The summed E-state index contributed by atoms with van der Waals surface area (Å²) in [6.07, 6.45) is 2.60. The summed E-state index contributed by atoms with van der Waals surface area (Å²) in [6.45, 7) is 9.14. The predicted octanol–water partition coefficient (Wildman–Crippen LogP) is 2.76. The molecule has 1 N–H and O–H groups in total. The van der Waals surface area contributed by atoms with Gasteiger partial charge in [-0.2, -0.15) is 11.8 Å². The molecule has 2 heteroatoms. The summed E-state index contributed by atoms with van der Waals surface area (Å²) in [4.78, 5) is 0. The second-order valence-corrected chi connectivity index (χ2v) is 3.44. The Bertz CT molecular complexity index is 120. The Kier molecular flexibility index (Phi) is 5.22. The van der Waals surface area contributed by atoms with E-state index in [4.69, 9.17) is 5.11 Å². The molecule has 0 rings (SSSR count). The Balaban J connectivity index is 3.71. The molecule has 0 heterocycles. The van der Waals surface area contributed by atoms with Crippen LogP contribution in [0.15, 0.2) is 25.0 Å². The normalized spacial score (nSPS) is 12.5. The Hall–Kier alpha value is -0.370. The second kappa shape index (κ2) is 5.42. The topological polar surface area (TPSA) is 20.2 Å². The van der Waals surface area contributed by atoms with Crippen molar-refractivity contribution in [1.29, 1.82) is 0 Å². The minimum atomic E-state index is 0.141. The molecule has 0 spiro atoms. The fourth-order valence-corrected chi connectivity index (χ4v) is 1.52. The lowest BCUT2D eigenvalue weighted by molar-refractivity contribution is 0.397. The first-order valence-corrected chi connectivity index (χ1v) is 4.37. The van der Waals surface area contributed by atoms with Crippen molar-refractivity contribution in [3.63, 3.8) is 0 Å². The van der Waals surface area contributed by atoms with Gasteiger partial charge >= 0.3 is 0 Å². The summed E-state index contributed by atoms with van der Waals surface area (Å²) in [5, 5.41) is 9.15. The van der Waals surface area contributed by atoms with E-state index < -0.39 is 0 Å². The zero-order valence-corrected chi connectivity index (χ0v) is 7.16. The second-order valence-electron chi connectivity index (χ2n) is 1.96. The van der Waals surface area contributed by atoms with Crippen LogP contribution in [0.3, 0.4) is 0 Å². The van der Waals surface area contributed by atoms with Gasteiger partial charge < -0.3 is 5.11 Å². The van der Waals surface area contributed by atoms with Crippen LogP contribution in [-0.2, 0) is 0 Å². The number of aliphatic hydroxyl groups is 1. The van der Waals surface area contributed by atoms with Gasteiger partial charge in [0, 0.05) is 0 Å². The van der Waals surface area contributed by atoms with Crippen LogP contribution < -0.4 is 0 Å². The van der Waals surface area contributed by atoms with Crippen molar-refractivity contribution in [2.45, 2.75) is 18.6 Å². The number of thioether (sulfide) groups is 1. The Labute approximate surface area is 66.8 Å². The summed E-state index contributed by atoms with van der Waals surface area (Å²) >= 11 is 1.69. The highest BCUT2D eigenvalue weighted by Gasteiger charge is 2.07. The third kappa shape index (κ3) is 3.62. The molecular weight excluding hydrogens is 144 g/mol. The number of hydrogen-bond donors (Lipinski definition) is 1. The smallest absolute Gasteiger partial charge is 0.0983 e. The van der Waals surface area contributed by atoms with Gasteiger partial charge in [-0.1, -0.05) is 19.6 Å². The van der Waals surface area contributed by atoms with Crippen LogP contribution in [0.5, 0.6) is 0 Å². The van der Waals surface area contributed by atoms with Crippen molar-refractivity contribution in [2.24, 2.45) is 0 Å². The van der Waals surface area contributed by atoms with Crippen LogP contribution >= 0.6 is 11.8 Å². The summed E-state index contributed by atoms with van der Waals surface area (Å²) < 4.78 is 0. The van der Waals surface area contributed by atoms with Crippen molar-refractivity contribution in [1.82, 2.24) is 0 Å². The molecule has 1 nitrogen and oxygen atoms in total. The third-order valence-electron chi connectivity index (χ3n) is 1.12. The molecule has 0 aliphatic heterocycles. The Morgan fingerprint density at radius 3 is 2.70 bits per heavy atom. The van der Waals surface area contributed by atoms with E-state index in [0.717, 1.165) is 12.2 Å². The summed E-state index contributed by atoms with van der Waals surface area (Å²) in [6, 6.07) is 0. The van der Waals surface area contributed by atoms with Crippen LogP contribution in [0.1, 0.15) is 13.3 Å². The number of aliphatic hydroxyl groups excluding tert-OH is 1. The van der Waals surface area contributed by atoms with Crippen LogP contribution in [0, 0.1) is 0 Å². The van der Waals surface area contributed by atoms with Crippen molar-refractivity contribution in [3.8, 4) is 0 Å². The molecule has 0 aromatic rings. The van der Waals surface area contributed by atoms with Gasteiger partial charge in [0.25, 0.3) is 0 Å². The molecule has 10 heavy (non-hydrogen) atoms. The molecule has 0 aromatic carbocycles. The minimum absolute atomic E-state index is 0.141. The zero-order valence-electron chi connectivity index (χ0n) is 6.34. The van der Waals surface area contributed by atoms with E-state index in [1.54, 1.807) is 17.8 Å². The first-order chi connectivity index (χ1) is 4.72. The lowest BCUT2D eigenvalue weighted by Crippen LogP contribution is -2.03. The van der Waals surface area contributed by atoms with Gasteiger partial charge in [-0.05, 0) is 12.2 Å². The van der Waals surface area contributed by atoms with E-state index in [9.17, 15) is 0 Å². The van der Waals surface area contributed by atoms with Crippen LogP contribution in [-0.4, -0.2) is 16.1 Å². The molecule has 1 atom stereocenters. The van der Waals surface area contributed by atoms with Crippen molar-refractivity contribution >= 4 is 11.8 Å². The summed E-state index contributed by atoms with van der Waals surface area (Å²) in [5.74, 6) is 1.25. The zero-order chi connectivity index (χ0) is 7.98. The maximum atomic E-state index is 9.01. The van der Waals surface area contributed by atoms with Gasteiger partial charge in [0.2, 0.25) is 0 Å². The number of hydrogen-bond acceptors (Lipinski definition) is 2. The molecule has 0 saturated heterocycles. The van der Waals surface area contributed by atoms with E-state index in [2.05, 4.69) is 20.1 Å². The summed E-state index contributed by atoms with van der Waals surface area (Å²) in [5.41, 5.74) is 0. The highest BCUT2D eigenvalue weighted by Crippen LogP contribution is 2.19. The molecular formula is C8H14OS. The lowest BCUT2D eigenvalue weighted by Gasteiger charge is -2.10. The van der Waals surface area contributed by atoms with Gasteiger partial charge in [-0.25, -0.2) is 0 Å². The van der Waals surface area contributed by atoms with Crippen LogP contribution in [0.2, 0.25) is 0 Å². The first kappa shape index (κ1) is 9.63. The van der Waals surface area contributed by atoms with Gasteiger partial charge in [-0.15, -0.1) is 6.58 Å². The van der Waals surface area contributed by atoms with E-state index in [1.807, 2.05) is 0 Å². The quantitative estimate of drug-likeness (QED) is 0.490. The maximum Gasteiger partial charge on any atom is 0.0983 e. The Morgan fingerprint density at radius 1 is 1.80 bits per heavy atom.